The van der Waals surface area contributed by atoms with Gasteiger partial charge in [0.2, 0.25) is 5.91 Å². The van der Waals surface area contributed by atoms with E-state index in [4.69, 9.17) is 5.73 Å². The van der Waals surface area contributed by atoms with Crippen LogP contribution in [0.4, 0.5) is 14.5 Å². The maximum Gasteiger partial charge on any atom is 0.268 e. The molecule has 2 aromatic carbocycles. The first-order valence-corrected chi connectivity index (χ1v) is 8.97. The molecule has 0 aliphatic rings. The van der Waals surface area contributed by atoms with Gasteiger partial charge in [0, 0.05) is 23.5 Å². The number of carbonyl (C=O) groups excluding carboxylic acids is 2. The Bertz CT molecular complexity index is 953. The van der Waals surface area contributed by atoms with E-state index in [1.165, 1.54) is 52.6 Å². The van der Waals surface area contributed by atoms with Crippen LogP contribution in [0, 0.1) is 11.6 Å². The van der Waals surface area contributed by atoms with Gasteiger partial charge in [0.05, 0.1) is 4.88 Å². The summed E-state index contributed by atoms with van der Waals surface area (Å²) in [6.07, 6.45) is -0.0146. The van der Waals surface area contributed by atoms with E-state index in [1.807, 2.05) is 0 Å². The Hall–Kier alpha value is -3.06. The van der Waals surface area contributed by atoms with Crippen molar-refractivity contribution in [3.63, 3.8) is 0 Å². The first-order chi connectivity index (χ1) is 12.9. The molecule has 3 rings (SSSR count). The Balaban J connectivity index is 1.88. The highest BCUT2D eigenvalue weighted by Crippen LogP contribution is 2.30. The standard InChI is InChI=1S/C20H16F2N2O2S/c21-14-3-1-13(2-4-14)17-9-10-18(27-17)20(26)24(12-11-19(23)25)16-7-5-15(22)6-8-16/h1-10H,11-12H2,(H2,23,25). The van der Waals surface area contributed by atoms with Crippen LogP contribution in [-0.4, -0.2) is 18.4 Å². The molecular formula is C20H16F2N2O2S. The van der Waals surface area contributed by atoms with Gasteiger partial charge in [0.1, 0.15) is 11.6 Å². The lowest BCUT2D eigenvalue weighted by Gasteiger charge is -2.21. The fourth-order valence-electron chi connectivity index (χ4n) is 2.55. The van der Waals surface area contributed by atoms with Crippen LogP contribution < -0.4 is 10.6 Å². The van der Waals surface area contributed by atoms with Crippen molar-refractivity contribution < 1.29 is 18.4 Å². The molecule has 0 saturated carbocycles. The average Bonchev–Trinajstić information content (AvgIpc) is 3.13. The fourth-order valence-corrected chi connectivity index (χ4v) is 3.51. The minimum Gasteiger partial charge on any atom is -0.370 e. The van der Waals surface area contributed by atoms with Crippen molar-refractivity contribution >= 4 is 28.8 Å². The number of amides is 2. The molecule has 0 bridgehead atoms. The number of primary amides is 1. The Kier molecular flexibility index (Phi) is 5.61. The average molecular weight is 386 g/mol. The molecule has 2 N–H and O–H groups in total. The van der Waals surface area contributed by atoms with Gasteiger partial charge in [-0.2, -0.15) is 0 Å². The molecular weight excluding hydrogens is 370 g/mol. The molecule has 1 aromatic heterocycles. The summed E-state index contributed by atoms with van der Waals surface area (Å²) < 4.78 is 26.3. The van der Waals surface area contributed by atoms with Crippen LogP contribution in [0.5, 0.6) is 0 Å². The number of rotatable bonds is 6. The first-order valence-electron chi connectivity index (χ1n) is 8.15. The third-order valence-corrected chi connectivity index (χ3v) is 5.03. The van der Waals surface area contributed by atoms with Crippen LogP contribution in [0.1, 0.15) is 16.1 Å². The van der Waals surface area contributed by atoms with Gasteiger partial charge in [-0.3, -0.25) is 9.59 Å². The van der Waals surface area contributed by atoms with Crippen molar-refractivity contribution in [3.05, 3.63) is 77.2 Å². The van der Waals surface area contributed by atoms with Gasteiger partial charge in [-0.1, -0.05) is 12.1 Å². The summed E-state index contributed by atoms with van der Waals surface area (Å²) in [6.45, 7) is 0.0869. The Morgan fingerprint density at radius 1 is 0.889 bits per heavy atom. The van der Waals surface area contributed by atoms with Gasteiger partial charge < -0.3 is 10.6 Å². The molecule has 0 unspecified atom stereocenters. The van der Waals surface area contributed by atoms with Crippen molar-refractivity contribution in [3.8, 4) is 10.4 Å². The number of thiophene rings is 1. The Morgan fingerprint density at radius 2 is 1.48 bits per heavy atom. The van der Waals surface area contributed by atoms with E-state index in [0.717, 1.165) is 10.4 Å². The van der Waals surface area contributed by atoms with Crippen molar-refractivity contribution in [2.45, 2.75) is 6.42 Å². The normalized spacial score (nSPS) is 10.6. The number of benzene rings is 2. The van der Waals surface area contributed by atoms with Crippen LogP contribution in [-0.2, 0) is 4.79 Å². The lowest BCUT2D eigenvalue weighted by molar-refractivity contribution is -0.117. The summed E-state index contributed by atoms with van der Waals surface area (Å²) in [5, 5.41) is 0. The van der Waals surface area contributed by atoms with Gasteiger partial charge in [0.25, 0.3) is 5.91 Å². The molecule has 0 aliphatic heterocycles. The largest absolute Gasteiger partial charge is 0.370 e. The van der Waals surface area contributed by atoms with Crippen LogP contribution in [0.3, 0.4) is 0 Å². The van der Waals surface area contributed by atoms with Gasteiger partial charge in [0.15, 0.2) is 0 Å². The molecule has 27 heavy (non-hydrogen) atoms. The van der Waals surface area contributed by atoms with Gasteiger partial charge in [-0.15, -0.1) is 11.3 Å². The number of halogens is 2. The van der Waals surface area contributed by atoms with E-state index in [2.05, 4.69) is 0 Å². The molecule has 0 saturated heterocycles. The molecule has 0 radical (unpaired) electrons. The minimum atomic E-state index is -0.534. The third kappa shape index (κ3) is 4.57. The van der Waals surface area contributed by atoms with E-state index in [9.17, 15) is 18.4 Å². The highest BCUT2D eigenvalue weighted by atomic mass is 32.1. The summed E-state index contributed by atoms with van der Waals surface area (Å²) in [5.41, 5.74) is 6.48. The first kappa shape index (κ1) is 18.7. The van der Waals surface area contributed by atoms with Gasteiger partial charge in [-0.25, -0.2) is 8.78 Å². The zero-order chi connectivity index (χ0) is 19.4. The van der Waals surface area contributed by atoms with E-state index in [1.54, 1.807) is 24.3 Å². The predicted octanol–water partition coefficient (Wildman–Crippen LogP) is 4.22. The highest BCUT2D eigenvalue weighted by Gasteiger charge is 2.20. The third-order valence-electron chi connectivity index (χ3n) is 3.91. The zero-order valence-corrected chi connectivity index (χ0v) is 15.0. The molecule has 0 spiro atoms. The number of hydrogen-bond acceptors (Lipinski definition) is 3. The van der Waals surface area contributed by atoms with Crippen LogP contribution in [0.15, 0.2) is 60.7 Å². The fraction of sp³-hybridized carbons (Fsp3) is 0.100. The van der Waals surface area contributed by atoms with Crippen molar-refractivity contribution in [2.24, 2.45) is 5.73 Å². The molecule has 3 aromatic rings. The number of nitrogens with zero attached hydrogens (tertiary/aromatic N) is 1. The van der Waals surface area contributed by atoms with E-state index < -0.39 is 11.7 Å². The number of hydrogen-bond donors (Lipinski definition) is 1. The molecule has 2 amide bonds. The second-order valence-corrected chi connectivity index (χ2v) is 6.90. The maximum absolute atomic E-state index is 13.2. The summed E-state index contributed by atoms with van der Waals surface area (Å²) in [4.78, 5) is 26.8. The summed E-state index contributed by atoms with van der Waals surface area (Å²) in [7, 11) is 0. The van der Waals surface area contributed by atoms with Crippen LogP contribution in [0.2, 0.25) is 0 Å². The molecule has 0 atom stereocenters. The minimum absolute atomic E-state index is 0.0146. The highest BCUT2D eigenvalue weighted by molar-refractivity contribution is 7.17. The van der Waals surface area contributed by atoms with E-state index >= 15 is 0 Å². The number of anilines is 1. The maximum atomic E-state index is 13.2. The SMILES string of the molecule is NC(=O)CCN(C(=O)c1ccc(-c2ccc(F)cc2)s1)c1ccc(F)cc1. The number of carbonyl (C=O) groups is 2. The smallest absolute Gasteiger partial charge is 0.268 e. The monoisotopic (exact) mass is 386 g/mol. The quantitative estimate of drug-likeness (QED) is 0.690. The lowest BCUT2D eigenvalue weighted by Crippen LogP contribution is -2.33. The summed E-state index contributed by atoms with van der Waals surface area (Å²) in [5.74, 6) is -1.61. The molecule has 138 valence electrons. The van der Waals surface area contributed by atoms with Gasteiger partial charge >= 0.3 is 0 Å². The Labute approximate surface area is 158 Å². The molecule has 4 nitrogen and oxygen atoms in total. The van der Waals surface area contributed by atoms with Gasteiger partial charge in [-0.05, 0) is 54.1 Å². The number of nitrogens with two attached hydrogens (primary N) is 1. The van der Waals surface area contributed by atoms with Crippen LogP contribution >= 0.6 is 11.3 Å². The molecule has 0 aliphatic carbocycles. The Morgan fingerprint density at radius 3 is 2.07 bits per heavy atom. The van der Waals surface area contributed by atoms with Crippen molar-refractivity contribution in [2.75, 3.05) is 11.4 Å². The van der Waals surface area contributed by atoms with Crippen molar-refractivity contribution in [1.82, 2.24) is 0 Å². The topological polar surface area (TPSA) is 63.4 Å². The van der Waals surface area contributed by atoms with E-state index in [-0.39, 0.29) is 24.7 Å². The molecule has 7 heteroatoms. The lowest BCUT2D eigenvalue weighted by atomic mass is 10.2. The summed E-state index contributed by atoms with van der Waals surface area (Å²) >= 11 is 1.26. The predicted molar refractivity (Wildman–Crippen MR) is 102 cm³/mol. The van der Waals surface area contributed by atoms with Crippen molar-refractivity contribution in [1.29, 1.82) is 0 Å². The second kappa shape index (κ2) is 8.09. The zero-order valence-electron chi connectivity index (χ0n) is 14.2. The van der Waals surface area contributed by atoms with E-state index in [0.29, 0.717) is 10.6 Å². The summed E-state index contributed by atoms with van der Waals surface area (Å²) in [6, 6.07) is 14.9. The second-order valence-electron chi connectivity index (χ2n) is 5.82. The van der Waals surface area contributed by atoms with Crippen LogP contribution in [0.25, 0.3) is 10.4 Å². The molecule has 1 heterocycles. The molecule has 0 fully saturated rings.